The number of benzene rings is 2. The number of allylic oxidation sites excluding steroid dienone is 1. The van der Waals surface area contributed by atoms with E-state index >= 15 is 0 Å². The maximum Gasteiger partial charge on any atom is 0.340 e. The van der Waals surface area contributed by atoms with Gasteiger partial charge in [-0.2, -0.15) is 0 Å². The van der Waals surface area contributed by atoms with E-state index in [4.69, 9.17) is 9.47 Å². The van der Waals surface area contributed by atoms with Gasteiger partial charge in [-0.25, -0.2) is 9.59 Å². The highest BCUT2D eigenvalue weighted by Gasteiger charge is 2.23. The Bertz CT molecular complexity index is 1370. The summed E-state index contributed by atoms with van der Waals surface area (Å²) in [6.07, 6.45) is 2.38. The zero-order chi connectivity index (χ0) is 28.5. The van der Waals surface area contributed by atoms with Crippen molar-refractivity contribution in [1.29, 1.82) is 0 Å². The Balaban J connectivity index is 1.69. The van der Waals surface area contributed by atoms with Gasteiger partial charge in [0, 0.05) is 17.8 Å². The lowest BCUT2D eigenvalue weighted by Gasteiger charge is -2.14. The van der Waals surface area contributed by atoms with E-state index in [0.717, 1.165) is 12.0 Å². The number of amides is 3. The minimum atomic E-state index is -0.810. The molecule has 39 heavy (non-hydrogen) atoms. The third-order valence-electron chi connectivity index (χ3n) is 5.24. The highest BCUT2D eigenvalue weighted by atomic mass is 16.5. The van der Waals surface area contributed by atoms with E-state index in [2.05, 4.69) is 20.3 Å². The van der Waals surface area contributed by atoms with Gasteiger partial charge in [-0.3, -0.25) is 19.3 Å². The first kappa shape index (κ1) is 28.2. The van der Waals surface area contributed by atoms with Gasteiger partial charge in [0.2, 0.25) is 0 Å². The Morgan fingerprint density at radius 3 is 2.18 bits per heavy atom. The summed E-state index contributed by atoms with van der Waals surface area (Å²) in [5.74, 6) is -3.09. The van der Waals surface area contributed by atoms with Crippen LogP contribution >= 0.6 is 0 Å². The van der Waals surface area contributed by atoms with Crippen molar-refractivity contribution in [3.05, 3.63) is 77.2 Å². The van der Waals surface area contributed by atoms with Crippen LogP contribution in [0.2, 0.25) is 0 Å². The molecule has 202 valence electrons. The molecule has 2 N–H and O–H groups in total. The van der Waals surface area contributed by atoms with E-state index in [0.29, 0.717) is 11.4 Å². The van der Waals surface area contributed by atoms with Crippen LogP contribution in [0.15, 0.2) is 76.3 Å². The highest BCUT2D eigenvalue weighted by Crippen LogP contribution is 2.25. The van der Waals surface area contributed by atoms with E-state index in [1.807, 2.05) is 0 Å². The maximum atomic E-state index is 12.8. The van der Waals surface area contributed by atoms with E-state index in [-0.39, 0.29) is 30.0 Å². The molecule has 3 amide bonds. The molecule has 3 rings (SSSR count). The number of nitrogens with one attached hydrogen (secondary N) is 1. The summed E-state index contributed by atoms with van der Waals surface area (Å²) in [6.45, 7) is 1.38. The number of hydrogen-bond donors (Lipinski definition) is 2. The number of azo groups is 1. The van der Waals surface area contributed by atoms with Crippen molar-refractivity contribution in [3.8, 4) is 5.75 Å². The second kappa shape index (κ2) is 12.8. The monoisotopic (exact) mass is 536 g/mol. The number of aliphatic hydroxyl groups excluding tert-OH is 1. The zero-order valence-electron chi connectivity index (χ0n) is 21.2. The van der Waals surface area contributed by atoms with Gasteiger partial charge < -0.3 is 24.6 Å². The van der Waals surface area contributed by atoms with Crippen LogP contribution in [0.3, 0.4) is 0 Å². The van der Waals surface area contributed by atoms with Crippen molar-refractivity contribution >= 4 is 41.0 Å². The molecule has 0 bridgehead atoms. The largest absolute Gasteiger partial charge is 0.510 e. The zero-order valence-corrected chi connectivity index (χ0v) is 21.2. The first-order valence-electron chi connectivity index (χ1n) is 11.3. The van der Waals surface area contributed by atoms with Gasteiger partial charge in [0.05, 0.1) is 31.9 Å². The van der Waals surface area contributed by atoms with Gasteiger partial charge in [-0.15, -0.1) is 10.2 Å². The fourth-order valence-electron chi connectivity index (χ4n) is 3.26. The summed E-state index contributed by atoms with van der Waals surface area (Å²) in [5, 5.41) is 20.3. The number of rotatable bonds is 10. The Labute approximate surface area is 222 Å². The van der Waals surface area contributed by atoms with Crippen LogP contribution < -0.4 is 10.1 Å². The van der Waals surface area contributed by atoms with Crippen LogP contribution in [0.25, 0.3) is 0 Å². The highest BCUT2D eigenvalue weighted by molar-refractivity contribution is 6.12. The molecule has 13 nitrogen and oxygen atoms in total. The molecule has 0 saturated heterocycles. The Morgan fingerprint density at radius 1 is 0.949 bits per heavy atom. The number of methoxy groups -OCH3 is 2. The summed E-state index contributed by atoms with van der Waals surface area (Å²) in [5.41, 5.74) is -0.172. The van der Waals surface area contributed by atoms with Crippen molar-refractivity contribution in [2.45, 2.75) is 6.92 Å². The molecular formula is C26H24N4O9. The first-order chi connectivity index (χ1) is 18.6. The van der Waals surface area contributed by atoms with Gasteiger partial charge in [-0.05, 0) is 49.4 Å². The molecule has 0 aromatic heterocycles. The molecule has 1 aliphatic rings. The van der Waals surface area contributed by atoms with Crippen molar-refractivity contribution < 1.29 is 43.3 Å². The molecule has 0 unspecified atom stereocenters. The molecule has 0 aliphatic carbocycles. The third kappa shape index (κ3) is 7.13. The molecule has 0 radical (unpaired) electrons. The Morgan fingerprint density at radius 2 is 1.59 bits per heavy atom. The van der Waals surface area contributed by atoms with E-state index in [1.54, 1.807) is 12.1 Å². The quantitative estimate of drug-likeness (QED) is 0.152. The number of carbonyl (C=O) groups is 5. The number of ether oxygens (including phenoxy) is 3. The van der Waals surface area contributed by atoms with Gasteiger partial charge in [-0.1, -0.05) is 0 Å². The number of aliphatic hydroxyl groups is 1. The van der Waals surface area contributed by atoms with Gasteiger partial charge >= 0.3 is 11.9 Å². The summed E-state index contributed by atoms with van der Waals surface area (Å²) in [4.78, 5) is 60.9. The summed E-state index contributed by atoms with van der Waals surface area (Å²) in [6, 6.07) is 10.0. The lowest BCUT2D eigenvalue weighted by atomic mass is 10.1. The topological polar surface area (TPSA) is 173 Å². The second-order valence-corrected chi connectivity index (χ2v) is 7.84. The number of nitrogens with zero attached hydrogens (tertiary/aromatic N) is 3. The van der Waals surface area contributed by atoms with Crippen molar-refractivity contribution in [1.82, 2.24) is 4.90 Å². The number of esters is 2. The summed E-state index contributed by atoms with van der Waals surface area (Å²) in [7, 11) is 2.35. The van der Waals surface area contributed by atoms with E-state index in [1.165, 1.54) is 56.5 Å². The normalized spacial score (nSPS) is 13.4. The van der Waals surface area contributed by atoms with Gasteiger partial charge in [0.1, 0.15) is 23.8 Å². The molecule has 2 aromatic carbocycles. The van der Waals surface area contributed by atoms with Crippen LogP contribution in [0.1, 0.15) is 27.6 Å². The van der Waals surface area contributed by atoms with Gasteiger partial charge in [0.15, 0.2) is 5.70 Å². The Hall–Kier alpha value is -5.33. The minimum Gasteiger partial charge on any atom is -0.510 e. The van der Waals surface area contributed by atoms with Crippen molar-refractivity contribution in [3.63, 3.8) is 0 Å². The molecule has 0 saturated carbocycles. The molecule has 13 heteroatoms. The molecular weight excluding hydrogens is 512 g/mol. The SMILES string of the molecule is COC(=O)c1ccc(C(=O)OC)c(N=N/C(C(=O)Nc2ccc(OCCN3C(=O)C=CC3=O)cc2)=C(\C)O)c1. The molecule has 1 aliphatic heterocycles. The molecule has 0 spiro atoms. The molecule has 1 heterocycles. The fourth-order valence-corrected chi connectivity index (χ4v) is 3.26. The molecule has 2 aromatic rings. The second-order valence-electron chi connectivity index (χ2n) is 7.84. The van der Waals surface area contributed by atoms with Crippen LogP contribution in [0, 0.1) is 0 Å². The molecule has 0 atom stereocenters. The van der Waals surface area contributed by atoms with Crippen molar-refractivity contribution in [2.75, 3.05) is 32.7 Å². The van der Waals surface area contributed by atoms with Crippen LogP contribution in [-0.4, -0.2) is 67.0 Å². The van der Waals surface area contributed by atoms with E-state index in [9.17, 15) is 29.1 Å². The molecule has 0 fully saturated rings. The van der Waals surface area contributed by atoms with Crippen LogP contribution in [0.4, 0.5) is 11.4 Å². The van der Waals surface area contributed by atoms with Crippen molar-refractivity contribution in [2.24, 2.45) is 10.2 Å². The number of anilines is 1. The Kier molecular flexibility index (Phi) is 9.24. The number of hydrogen-bond acceptors (Lipinski definition) is 11. The average Bonchev–Trinajstić information content (AvgIpc) is 3.25. The fraction of sp³-hybridized carbons (Fsp3) is 0.192. The lowest BCUT2D eigenvalue weighted by Crippen LogP contribution is -2.33. The summed E-state index contributed by atoms with van der Waals surface area (Å²) >= 11 is 0. The first-order valence-corrected chi connectivity index (χ1v) is 11.3. The summed E-state index contributed by atoms with van der Waals surface area (Å²) < 4.78 is 14.9. The average molecular weight is 536 g/mol. The number of imide groups is 1. The van der Waals surface area contributed by atoms with Crippen LogP contribution in [0.5, 0.6) is 5.75 Å². The standard InChI is InChI=1S/C26H24N4O9/c1-15(31)23(29-28-20-14-16(25(35)37-2)4-9-19(20)26(36)38-3)24(34)27-17-5-7-18(8-6-17)39-13-12-30-21(32)10-11-22(30)33/h4-11,14,31H,12-13H2,1-3H3,(H,27,34)/b23-15+,29-28?. The lowest BCUT2D eigenvalue weighted by molar-refractivity contribution is -0.137. The van der Waals surface area contributed by atoms with Crippen LogP contribution in [-0.2, 0) is 23.9 Å². The smallest absolute Gasteiger partial charge is 0.340 e. The van der Waals surface area contributed by atoms with Gasteiger partial charge in [0.25, 0.3) is 17.7 Å². The van der Waals surface area contributed by atoms with E-state index < -0.39 is 41.1 Å². The third-order valence-corrected chi connectivity index (χ3v) is 5.24. The predicted molar refractivity (Wildman–Crippen MR) is 135 cm³/mol. The predicted octanol–water partition coefficient (Wildman–Crippen LogP) is 3.08. The number of carbonyl (C=O) groups excluding carboxylic acids is 5. The minimum absolute atomic E-state index is 0.0328. The maximum absolute atomic E-state index is 12.8.